The van der Waals surface area contributed by atoms with Crippen molar-refractivity contribution < 1.29 is 0 Å². The van der Waals surface area contributed by atoms with Crippen LogP contribution >= 0.6 is 0 Å². The Labute approximate surface area is 111 Å². The summed E-state index contributed by atoms with van der Waals surface area (Å²) in [7, 11) is 0. The second kappa shape index (κ2) is 7.49. The topological polar surface area (TPSA) is 28.2 Å². The summed E-state index contributed by atoms with van der Waals surface area (Å²) in [5.41, 5.74) is 1.33. The quantitative estimate of drug-likeness (QED) is 0.782. The molecule has 0 spiro atoms. The Hall–Kier alpha value is -0.930. The van der Waals surface area contributed by atoms with Crippen LogP contribution in [0.2, 0.25) is 0 Å². The predicted octanol–water partition coefficient (Wildman–Crippen LogP) is 2.29. The third kappa shape index (κ3) is 4.39. The zero-order chi connectivity index (χ0) is 12.6. The van der Waals surface area contributed by atoms with Crippen LogP contribution in [0.25, 0.3) is 0 Å². The number of hydrogen-bond donors (Lipinski definition) is 1. The van der Waals surface area contributed by atoms with Gasteiger partial charge < -0.3 is 5.32 Å². The van der Waals surface area contributed by atoms with E-state index in [4.69, 9.17) is 0 Å². The van der Waals surface area contributed by atoms with Crippen LogP contribution in [0.5, 0.6) is 0 Å². The zero-order valence-electron chi connectivity index (χ0n) is 11.4. The summed E-state index contributed by atoms with van der Waals surface area (Å²) in [6.07, 6.45) is 7.72. The van der Waals surface area contributed by atoms with Crippen molar-refractivity contribution in [2.24, 2.45) is 5.92 Å². The highest BCUT2D eigenvalue weighted by atomic mass is 15.1. The molecular weight excluding hydrogens is 222 g/mol. The molecule has 0 aliphatic carbocycles. The molecule has 18 heavy (non-hydrogen) atoms. The molecule has 1 fully saturated rings. The average Bonchev–Trinajstić information content (AvgIpc) is 2.42. The number of rotatable bonds is 6. The van der Waals surface area contributed by atoms with Crippen LogP contribution in [-0.2, 0) is 6.54 Å². The van der Waals surface area contributed by atoms with Gasteiger partial charge >= 0.3 is 0 Å². The van der Waals surface area contributed by atoms with E-state index in [0.29, 0.717) is 0 Å². The van der Waals surface area contributed by atoms with Crippen LogP contribution in [-0.4, -0.2) is 36.1 Å². The molecule has 100 valence electrons. The van der Waals surface area contributed by atoms with Crippen LogP contribution in [0.15, 0.2) is 24.5 Å². The summed E-state index contributed by atoms with van der Waals surface area (Å²) in [5, 5.41) is 3.54. The fourth-order valence-corrected chi connectivity index (χ4v) is 2.58. The summed E-state index contributed by atoms with van der Waals surface area (Å²) in [5.74, 6) is 0.877. The number of nitrogens with zero attached hydrogens (tertiary/aromatic N) is 2. The van der Waals surface area contributed by atoms with E-state index in [1.165, 1.54) is 44.5 Å². The van der Waals surface area contributed by atoms with Crippen molar-refractivity contribution in [1.29, 1.82) is 0 Å². The summed E-state index contributed by atoms with van der Waals surface area (Å²) in [4.78, 5) is 6.73. The van der Waals surface area contributed by atoms with Gasteiger partial charge in [0.2, 0.25) is 0 Å². The molecule has 3 heteroatoms. The molecular formula is C15H25N3. The summed E-state index contributed by atoms with van der Waals surface area (Å²) in [6, 6.07) is 4.19. The van der Waals surface area contributed by atoms with Crippen molar-refractivity contribution in [2.75, 3.05) is 26.2 Å². The van der Waals surface area contributed by atoms with Crippen molar-refractivity contribution in [2.45, 2.75) is 32.7 Å². The van der Waals surface area contributed by atoms with E-state index >= 15 is 0 Å². The van der Waals surface area contributed by atoms with Crippen LogP contribution in [0.1, 0.15) is 31.7 Å². The van der Waals surface area contributed by atoms with Crippen molar-refractivity contribution in [3.63, 3.8) is 0 Å². The first kappa shape index (κ1) is 13.5. The maximum atomic E-state index is 4.18. The molecule has 1 N–H and O–H groups in total. The Morgan fingerprint density at radius 3 is 2.89 bits per heavy atom. The number of likely N-dealkylation sites (tertiary alicyclic amines) is 1. The molecule has 1 aromatic heterocycles. The van der Waals surface area contributed by atoms with Crippen molar-refractivity contribution in [1.82, 2.24) is 15.2 Å². The minimum Gasteiger partial charge on any atom is -0.316 e. The molecule has 2 rings (SSSR count). The fraction of sp³-hybridized carbons (Fsp3) is 0.667. The van der Waals surface area contributed by atoms with E-state index in [2.05, 4.69) is 28.2 Å². The first-order valence-corrected chi connectivity index (χ1v) is 7.20. The highest BCUT2D eigenvalue weighted by Gasteiger charge is 2.18. The van der Waals surface area contributed by atoms with Gasteiger partial charge in [-0.25, -0.2) is 0 Å². The van der Waals surface area contributed by atoms with E-state index in [9.17, 15) is 0 Å². The maximum Gasteiger partial charge on any atom is 0.0312 e. The van der Waals surface area contributed by atoms with Crippen molar-refractivity contribution >= 4 is 0 Å². The van der Waals surface area contributed by atoms with Crippen LogP contribution < -0.4 is 5.32 Å². The van der Waals surface area contributed by atoms with E-state index in [0.717, 1.165) is 19.0 Å². The monoisotopic (exact) mass is 247 g/mol. The normalized spacial score (nSPS) is 18.1. The largest absolute Gasteiger partial charge is 0.316 e. The van der Waals surface area contributed by atoms with Crippen LogP contribution in [0.4, 0.5) is 0 Å². The lowest BCUT2D eigenvalue weighted by molar-refractivity contribution is 0.175. The van der Waals surface area contributed by atoms with Crippen LogP contribution in [0.3, 0.4) is 0 Å². The lowest BCUT2D eigenvalue weighted by Crippen LogP contribution is -2.37. The zero-order valence-corrected chi connectivity index (χ0v) is 11.4. The summed E-state index contributed by atoms with van der Waals surface area (Å²) < 4.78 is 0. The SMILES string of the molecule is CCCNCC1CCN(Cc2cccnc2)CC1. The molecule has 0 bridgehead atoms. The number of aromatic nitrogens is 1. The van der Waals surface area contributed by atoms with Crippen molar-refractivity contribution in [3.05, 3.63) is 30.1 Å². The fourth-order valence-electron chi connectivity index (χ4n) is 2.58. The number of hydrogen-bond acceptors (Lipinski definition) is 3. The third-order valence-corrected chi connectivity index (χ3v) is 3.70. The third-order valence-electron chi connectivity index (χ3n) is 3.70. The van der Waals surface area contributed by atoms with Gasteiger partial charge in [-0.05, 0) is 63.0 Å². The molecule has 0 unspecified atom stereocenters. The number of piperidine rings is 1. The average molecular weight is 247 g/mol. The Morgan fingerprint density at radius 2 is 2.22 bits per heavy atom. The minimum absolute atomic E-state index is 0.877. The van der Waals surface area contributed by atoms with Gasteiger partial charge in [-0.15, -0.1) is 0 Å². The van der Waals surface area contributed by atoms with Gasteiger partial charge in [-0.2, -0.15) is 0 Å². The van der Waals surface area contributed by atoms with Gasteiger partial charge in [0.25, 0.3) is 0 Å². The molecule has 0 saturated carbocycles. The lowest BCUT2D eigenvalue weighted by Gasteiger charge is -2.32. The van der Waals surface area contributed by atoms with Crippen molar-refractivity contribution in [3.8, 4) is 0 Å². The van der Waals surface area contributed by atoms with E-state index in [-0.39, 0.29) is 0 Å². The summed E-state index contributed by atoms with van der Waals surface area (Å²) >= 11 is 0. The van der Waals surface area contributed by atoms with E-state index in [1.54, 1.807) is 0 Å². The molecule has 0 radical (unpaired) electrons. The molecule has 1 saturated heterocycles. The highest BCUT2D eigenvalue weighted by molar-refractivity contribution is 5.08. The van der Waals surface area contributed by atoms with Gasteiger partial charge in [0, 0.05) is 18.9 Å². The number of nitrogens with one attached hydrogen (secondary N) is 1. The molecule has 0 amide bonds. The lowest BCUT2D eigenvalue weighted by atomic mass is 9.96. The minimum atomic E-state index is 0.877. The second-order valence-corrected chi connectivity index (χ2v) is 5.28. The Morgan fingerprint density at radius 1 is 1.39 bits per heavy atom. The Balaban J connectivity index is 1.67. The van der Waals surface area contributed by atoms with Gasteiger partial charge in [-0.3, -0.25) is 9.88 Å². The van der Waals surface area contributed by atoms with Gasteiger partial charge in [0.1, 0.15) is 0 Å². The first-order valence-electron chi connectivity index (χ1n) is 7.20. The molecule has 0 aromatic carbocycles. The van der Waals surface area contributed by atoms with Gasteiger partial charge in [0.15, 0.2) is 0 Å². The second-order valence-electron chi connectivity index (χ2n) is 5.28. The Kier molecular flexibility index (Phi) is 5.62. The molecule has 2 heterocycles. The Bertz CT molecular complexity index is 318. The van der Waals surface area contributed by atoms with E-state index < -0.39 is 0 Å². The molecule has 0 atom stereocenters. The highest BCUT2D eigenvalue weighted by Crippen LogP contribution is 2.18. The standard InChI is InChI=1S/C15H25N3/c1-2-7-16-11-14-5-9-18(10-6-14)13-15-4-3-8-17-12-15/h3-4,8,12,14,16H,2,5-7,9-11,13H2,1H3. The molecule has 1 aromatic rings. The molecule has 1 aliphatic rings. The molecule has 3 nitrogen and oxygen atoms in total. The van der Waals surface area contributed by atoms with Gasteiger partial charge in [-0.1, -0.05) is 13.0 Å². The maximum absolute atomic E-state index is 4.18. The smallest absolute Gasteiger partial charge is 0.0312 e. The van der Waals surface area contributed by atoms with E-state index in [1.807, 2.05) is 18.5 Å². The summed E-state index contributed by atoms with van der Waals surface area (Å²) in [6.45, 7) is 8.11. The van der Waals surface area contributed by atoms with Crippen LogP contribution in [0, 0.1) is 5.92 Å². The van der Waals surface area contributed by atoms with Gasteiger partial charge in [0.05, 0.1) is 0 Å². The molecule has 1 aliphatic heterocycles. The predicted molar refractivity (Wildman–Crippen MR) is 75.4 cm³/mol. The first-order chi connectivity index (χ1) is 8.88. The number of pyridine rings is 1.